The summed E-state index contributed by atoms with van der Waals surface area (Å²) in [6.07, 6.45) is 0.791. The first-order chi connectivity index (χ1) is 4.90. The molecule has 0 heterocycles. The summed E-state index contributed by atoms with van der Waals surface area (Å²) in [5.41, 5.74) is -0.377. The van der Waals surface area contributed by atoms with Gasteiger partial charge in [0.1, 0.15) is 0 Å². The third-order valence-electron chi connectivity index (χ3n) is 1.53. The highest BCUT2D eigenvalue weighted by molar-refractivity contribution is 9.09. The third kappa shape index (κ3) is 3.75. The fourth-order valence-corrected chi connectivity index (χ4v) is 1.87. The second-order valence-electron chi connectivity index (χ2n) is 3.36. The average molecular weight is 223 g/mol. The Balaban J connectivity index is 4.09. The second kappa shape index (κ2) is 4.10. The molecule has 0 fully saturated rings. The molecule has 3 heteroatoms. The summed E-state index contributed by atoms with van der Waals surface area (Å²) >= 11 is 3.40. The smallest absolute Gasteiger partial charge is 0.311 e. The molecule has 0 aliphatic carbocycles. The first kappa shape index (κ1) is 11.0. The van der Waals surface area contributed by atoms with Gasteiger partial charge in [0.05, 0.1) is 12.5 Å². The van der Waals surface area contributed by atoms with Crippen LogP contribution in [0.2, 0.25) is 0 Å². The largest absolute Gasteiger partial charge is 0.469 e. The zero-order valence-corrected chi connectivity index (χ0v) is 9.06. The summed E-state index contributed by atoms with van der Waals surface area (Å²) in [5, 5.41) is 0. The molecule has 0 saturated heterocycles. The van der Waals surface area contributed by atoms with E-state index in [0.717, 1.165) is 6.42 Å². The van der Waals surface area contributed by atoms with Crippen molar-refractivity contribution in [2.24, 2.45) is 5.41 Å². The van der Waals surface area contributed by atoms with E-state index in [9.17, 15) is 4.79 Å². The molecule has 0 aliphatic heterocycles. The summed E-state index contributed by atoms with van der Waals surface area (Å²) in [7, 11) is 1.42. The lowest BCUT2D eigenvalue weighted by Crippen LogP contribution is -2.27. The van der Waals surface area contributed by atoms with Crippen LogP contribution in [0, 0.1) is 5.41 Å². The summed E-state index contributed by atoms with van der Waals surface area (Å²) in [6.45, 7) is 5.79. The minimum absolute atomic E-state index is 0.149. The predicted octanol–water partition coefficient (Wildman–Crippen LogP) is 2.36. The van der Waals surface area contributed by atoms with Gasteiger partial charge in [0.15, 0.2) is 0 Å². The highest BCUT2D eigenvalue weighted by Gasteiger charge is 2.29. The summed E-state index contributed by atoms with van der Waals surface area (Å²) in [5.74, 6) is -0.149. The van der Waals surface area contributed by atoms with Crippen molar-refractivity contribution in [3.8, 4) is 0 Å². The van der Waals surface area contributed by atoms with Crippen LogP contribution in [0.25, 0.3) is 0 Å². The topological polar surface area (TPSA) is 26.3 Å². The molecule has 0 spiro atoms. The Morgan fingerprint density at radius 2 is 2.09 bits per heavy atom. The molecule has 1 atom stereocenters. The molecular weight excluding hydrogens is 208 g/mol. The van der Waals surface area contributed by atoms with Crippen LogP contribution in [0.3, 0.4) is 0 Å². The third-order valence-corrected chi connectivity index (χ3v) is 1.85. The molecular formula is C8H15BrO2. The van der Waals surface area contributed by atoms with Crippen LogP contribution >= 0.6 is 15.9 Å². The van der Waals surface area contributed by atoms with Crippen LogP contribution in [0.4, 0.5) is 0 Å². The van der Waals surface area contributed by atoms with E-state index in [-0.39, 0.29) is 11.4 Å². The Labute approximate surface area is 76.4 Å². The van der Waals surface area contributed by atoms with Gasteiger partial charge in [-0.2, -0.15) is 0 Å². The first-order valence-corrected chi connectivity index (χ1v) is 4.54. The standard InChI is InChI=1S/C8H15BrO2/c1-6(9)5-8(2,3)7(10)11-4/h6H,5H2,1-4H3. The van der Waals surface area contributed by atoms with Gasteiger partial charge >= 0.3 is 5.97 Å². The zero-order valence-electron chi connectivity index (χ0n) is 7.48. The zero-order chi connectivity index (χ0) is 9.07. The molecule has 0 N–H and O–H groups in total. The average Bonchev–Trinajstić information content (AvgIpc) is 1.83. The molecule has 0 radical (unpaired) electrons. The minimum atomic E-state index is -0.377. The van der Waals surface area contributed by atoms with Crippen molar-refractivity contribution in [1.29, 1.82) is 0 Å². The van der Waals surface area contributed by atoms with Crippen molar-refractivity contribution in [3.05, 3.63) is 0 Å². The molecule has 66 valence electrons. The summed E-state index contributed by atoms with van der Waals surface area (Å²) in [4.78, 5) is 11.5. The van der Waals surface area contributed by atoms with E-state index in [1.165, 1.54) is 7.11 Å². The van der Waals surface area contributed by atoms with Crippen molar-refractivity contribution in [2.75, 3.05) is 7.11 Å². The Bertz CT molecular complexity index is 141. The quantitative estimate of drug-likeness (QED) is 0.542. The Kier molecular flexibility index (Phi) is 4.08. The van der Waals surface area contributed by atoms with Gasteiger partial charge < -0.3 is 4.74 Å². The lowest BCUT2D eigenvalue weighted by atomic mass is 9.88. The van der Waals surface area contributed by atoms with E-state index in [4.69, 9.17) is 0 Å². The van der Waals surface area contributed by atoms with Crippen LogP contribution in [0.1, 0.15) is 27.2 Å². The monoisotopic (exact) mass is 222 g/mol. The van der Waals surface area contributed by atoms with Crippen molar-refractivity contribution in [2.45, 2.75) is 32.0 Å². The predicted molar refractivity (Wildman–Crippen MR) is 48.8 cm³/mol. The normalized spacial score (nSPS) is 14.3. The molecule has 11 heavy (non-hydrogen) atoms. The molecule has 2 nitrogen and oxygen atoms in total. The maximum Gasteiger partial charge on any atom is 0.311 e. The summed E-state index contributed by atoms with van der Waals surface area (Å²) < 4.78 is 4.66. The number of hydrogen-bond acceptors (Lipinski definition) is 2. The van der Waals surface area contributed by atoms with E-state index >= 15 is 0 Å². The van der Waals surface area contributed by atoms with Crippen molar-refractivity contribution >= 4 is 21.9 Å². The second-order valence-corrected chi connectivity index (χ2v) is 4.92. The number of esters is 1. The number of hydrogen-bond donors (Lipinski definition) is 0. The number of alkyl halides is 1. The summed E-state index contributed by atoms with van der Waals surface area (Å²) in [6, 6.07) is 0. The number of ether oxygens (including phenoxy) is 1. The van der Waals surface area contributed by atoms with Crippen molar-refractivity contribution in [3.63, 3.8) is 0 Å². The Hall–Kier alpha value is -0.0500. The van der Waals surface area contributed by atoms with E-state index in [0.29, 0.717) is 4.83 Å². The highest BCUT2D eigenvalue weighted by atomic mass is 79.9. The maximum absolute atomic E-state index is 11.1. The van der Waals surface area contributed by atoms with Gasteiger partial charge in [-0.05, 0) is 20.3 Å². The fraction of sp³-hybridized carbons (Fsp3) is 0.875. The molecule has 0 saturated carbocycles. The Morgan fingerprint density at radius 1 is 1.64 bits per heavy atom. The maximum atomic E-state index is 11.1. The van der Waals surface area contributed by atoms with Gasteiger partial charge in [-0.1, -0.05) is 22.9 Å². The van der Waals surface area contributed by atoms with E-state index < -0.39 is 0 Å². The van der Waals surface area contributed by atoms with Gasteiger partial charge in [0.2, 0.25) is 0 Å². The minimum Gasteiger partial charge on any atom is -0.469 e. The SMILES string of the molecule is COC(=O)C(C)(C)CC(C)Br. The first-order valence-electron chi connectivity index (χ1n) is 3.62. The molecule has 0 aliphatic rings. The molecule has 0 aromatic heterocycles. The van der Waals surface area contributed by atoms with E-state index in [1.54, 1.807) is 0 Å². The molecule has 0 aromatic rings. The van der Waals surface area contributed by atoms with Crippen LogP contribution < -0.4 is 0 Å². The Morgan fingerprint density at radius 3 is 2.36 bits per heavy atom. The molecule has 0 rings (SSSR count). The highest BCUT2D eigenvalue weighted by Crippen LogP contribution is 2.26. The number of carbonyl (C=O) groups is 1. The molecule has 1 unspecified atom stereocenters. The number of carbonyl (C=O) groups excluding carboxylic acids is 1. The number of rotatable bonds is 3. The van der Waals surface area contributed by atoms with Gasteiger partial charge in [-0.3, -0.25) is 4.79 Å². The van der Waals surface area contributed by atoms with Gasteiger partial charge in [-0.25, -0.2) is 0 Å². The van der Waals surface area contributed by atoms with E-state index in [2.05, 4.69) is 20.7 Å². The van der Waals surface area contributed by atoms with Crippen molar-refractivity contribution < 1.29 is 9.53 Å². The van der Waals surface area contributed by atoms with Gasteiger partial charge in [0, 0.05) is 4.83 Å². The van der Waals surface area contributed by atoms with Crippen molar-refractivity contribution in [1.82, 2.24) is 0 Å². The van der Waals surface area contributed by atoms with Crippen LogP contribution in [-0.2, 0) is 9.53 Å². The van der Waals surface area contributed by atoms with Crippen LogP contribution in [0.15, 0.2) is 0 Å². The lowest BCUT2D eigenvalue weighted by molar-refractivity contribution is -0.151. The fourth-order valence-electron chi connectivity index (χ4n) is 1.06. The van der Waals surface area contributed by atoms with Gasteiger partial charge in [0.25, 0.3) is 0 Å². The number of methoxy groups -OCH3 is 1. The van der Waals surface area contributed by atoms with Crippen LogP contribution in [0.5, 0.6) is 0 Å². The molecule has 0 bridgehead atoms. The molecule has 0 amide bonds. The molecule has 0 aromatic carbocycles. The van der Waals surface area contributed by atoms with Crippen LogP contribution in [-0.4, -0.2) is 17.9 Å². The number of halogens is 1. The van der Waals surface area contributed by atoms with E-state index in [1.807, 2.05) is 20.8 Å². The lowest BCUT2D eigenvalue weighted by Gasteiger charge is -2.22. The van der Waals surface area contributed by atoms with Gasteiger partial charge in [-0.15, -0.1) is 0 Å².